The second-order valence-corrected chi connectivity index (χ2v) is 4.61. The second-order valence-electron chi connectivity index (χ2n) is 3.69. The van der Waals surface area contributed by atoms with Gasteiger partial charge >= 0.3 is 0 Å². The maximum Gasteiger partial charge on any atom is 0.253 e. The quantitative estimate of drug-likeness (QED) is 0.545. The van der Waals surface area contributed by atoms with Crippen molar-refractivity contribution in [3.63, 3.8) is 0 Å². The van der Waals surface area contributed by atoms with Gasteiger partial charge in [-0.3, -0.25) is 9.59 Å². The van der Waals surface area contributed by atoms with Gasteiger partial charge in [-0.1, -0.05) is 11.6 Å². The molecule has 0 bridgehead atoms. The second kappa shape index (κ2) is 8.04. The molecule has 0 aromatic heterocycles. The number of methoxy groups -OCH3 is 1. The van der Waals surface area contributed by atoms with Crippen LogP contribution < -0.4 is 10.6 Å². The van der Waals surface area contributed by atoms with Gasteiger partial charge in [0, 0.05) is 18.6 Å². The van der Waals surface area contributed by atoms with Gasteiger partial charge in [0.15, 0.2) is 0 Å². The number of rotatable bonds is 6. The maximum atomic E-state index is 11.8. The fraction of sp³-hybridized carbons (Fsp3) is 0.333. The summed E-state index contributed by atoms with van der Waals surface area (Å²) in [6, 6.07) is 4.81. The van der Waals surface area contributed by atoms with E-state index in [4.69, 9.17) is 16.3 Å². The lowest BCUT2D eigenvalue weighted by molar-refractivity contribution is -0.120. The molecular formula is C12H15ClN2O3S. The predicted octanol–water partition coefficient (Wildman–Crippen LogP) is 1.12. The molecule has 104 valence electrons. The van der Waals surface area contributed by atoms with Crippen molar-refractivity contribution in [3.05, 3.63) is 28.8 Å². The molecule has 0 aliphatic heterocycles. The minimum Gasteiger partial charge on any atom is -0.383 e. The number of amides is 2. The topological polar surface area (TPSA) is 67.4 Å². The fourth-order valence-corrected chi connectivity index (χ4v) is 1.71. The first-order valence-electron chi connectivity index (χ1n) is 5.57. The average Bonchev–Trinajstić information content (AvgIpc) is 2.39. The lowest BCUT2D eigenvalue weighted by Gasteiger charge is -2.08. The van der Waals surface area contributed by atoms with Crippen molar-refractivity contribution < 1.29 is 14.3 Å². The first-order valence-corrected chi connectivity index (χ1v) is 6.39. The van der Waals surface area contributed by atoms with Crippen LogP contribution >= 0.6 is 24.2 Å². The molecule has 1 aromatic carbocycles. The van der Waals surface area contributed by atoms with Gasteiger partial charge in [0.25, 0.3) is 5.91 Å². The van der Waals surface area contributed by atoms with Crippen LogP contribution in [-0.2, 0) is 9.53 Å². The van der Waals surface area contributed by atoms with Crippen molar-refractivity contribution in [2.75, 3.05) is 26.8 Å². The molecule has 0 radical (unpaired) electrons. The zero-order chi connectivity index (χ0) is 14.3. The smallest absolute Gasteiger partial charge is 0.253 e. The average molecular weight is 303 g/mol. The lowest BCUT2D eigenvalue weighted by Crippen LogP contribution is -2.38. The van der Waals surface area contributed by atoms with Crippen LogP contribution in [0, 0.1) is 0 Å². The largest absolute Gasteiger partial charge is 0.383 e. The highest BCUT2D eigenvalue weighted by Gasteiger charge is 2.11. The molecular weight excluding hydrogens is 288 g/mol. The third-order valence-electron chi connectivity index (χ3n) is 2.23. The molecule has 2 N–H and O–H groups in total. The molecule has 0 heterocycles. The minimum atomic E-state index is -0.414. The van der Waals surface area contributed by atoms with Crippen LogP contribution in [-0.4, -0.2) is 38.6 Å². The molecule has 0 saturated heterocycles. The maximum absolute atomic E-state index is 11.8. The van der Waals surface area contributed by atoms with Gasteiger partial charge in [-0.2, -0.15) is 0 Å². The summed E-state index contributed by atoms with van der Waals surface area (Å²) in [7, 11) is 1.54. The number of ether oxygens (including phenoxy) is 1. The SMILES string of the molecule is COCCNC(=O)CNC(=O)c1cc(S)ccc1Cl. The summed E-state index contributed by atoms with van der Waals surface area (Å²) in [6.07, 6.45) is 0. The number of thiol groups is 1. The van der Waals surface area contributed by atoms with Crippen LogP contribution in [0.1, 0.15) is 10.4 Å². The third kappa shape index (κ3) is 5.50. The van der Waals surface area contributed by atoms with E-state index >= 15 is 0 Å². The molecule has 19 heavy (non-hydrogen) atoms. The van der Waals surface area contributed by atoms with Crippen molar-refractivity contribution in [3.8, 4) is 0 Å². The van der Waals surface area contributed by atoms with Gasteiger partial charge in [0.05, 0.1) is 23.7 Å². The Kier molecular flexibility index (Phi) is 6.69. The first-order chi connectivity index (χ1) is 9.04. The molecule has 1 rings (SSSR count). The van der Waals surface area contributed by atoms with Crippen molar-refractivity contribution in [2.24, 2.45) is 0 Å². The normalized spacial score (nSPS) is 10.1. The molecule has 5 nitrogen and oxygen atoms in total. The van der Waals surface area contributed by atoms with Crippen LogP contribution in [0.15, 0.2) is 23.1 Å². The molecule has 2 amide bonds. The van der Waals surface area contributed by atoms with E-state index in [9.17, 15) is 9.59 Å². The number of benzene rings is 1. The van der Waals surface area contributed by atoms with Crippen molar-refractivity contribution in [2.45, 2.75) is 4.90 Å². The Bertz CT molecular complexity index is 468. The molecule has 0 unspecified atom stereocenters. The van der Waals surface area contributed by atoms with Crippen LogP contribution in [0.3, 0.4) is 0 Å². The van der Waals surface area contributed by atoms with Crippen molar-refractivity contribution in [1.29, 1.82) is 0 Å². The number of hydrogen-bond donors (Lipinski definition) is 3. The summed E-state index contributed by atoms with van der Waals surface area (Å²) >= 11 is 10.0. The fourth-order valence-electron chi connectivity index (χ4n) is 1.30. The first kappa shape index (κ1) is 15.8. The Hall–Kier alpha value is -1.24. The van der Waals surface area contributed by atoms with Crippen LogP contribution in [0.25, 0.3) is 0 Å². The van der Waals surface area contributed by atoms with Gasteiger partial charge in [0.2, 0.25) is 5.91 Å². The van der Waals surface area contributed by atoms with Gasteiger partial charge in [0.1, 0.15) is 0 Å². The summed E-state index contributed by atoms with van der Waals surface area (Å²) in [5, 5.41) is 5.39. The molecule has 0 aliphatic carbocycles. The Labute approximate surface area is 122 Å². The van der Waals surface area contributed by atoms with Crippen molar-refractivity contribution >= 4 is 36.0 Å². The van der Waals surface area contributed by atoms with E-state index in [0.29, 0.717) is 28.6 Å². The van der Waals surface area contributed by atoms with Gasteiger partial charge in [-0.05, 0) is 18.2 Å². The molecule has 0 saturated carbocycles. The summed E-state index contributed by atoms with van der Waals surface area (Å²) in [4.78, 5) is 23.8. The van der Waals surface area contributed by atoms with E-state index in [1.165, 1.54) is 0 Å². The number of carbonyl (C=O) groups is 2. The molecule has 0 spiro atoms. The summed E-state index contributed by atoms with van der Waals surface area (Å²) < 4.78 is 4.79. The third-order valence-corrected chi connectivity index (χ3v) is 2.84. The van der Waals surface area contributed by atoms with Crippen LogP contribution in [0.5, 0.6) is 0 Å². The van der Waals surface area contributed by atoms with E-state index < -0.39 is 5.91 Å². The molecule has 7 heteroatoms. The Balaban J connectivity index is 2.47. The van der Waals surface area contributed by atoms with Crippen molar-refractivity contribution in [1.82, 2.24) is 10.6 Å². The minimum absolute atomic E-state index is 0.115. The summed E-state index contributed by atoms with van der Waals surface area (Å²) in [5.74, 6) is -0.702. The summed E-state index contributed by atoms with van der Waals surface area (Å²) in [6.45, 7) is 0.709. The van der Waals surface area contributed by atoms with E-state index in [2.05, 4.69) is 23.3 Å². The van der Waals surface area contributed by atoms with Gasteiger partial charge < -0.3 is 15.4 Å². The molecule has 0 fully saturated rings. The Morgan fingerprint density at radius 3 is 2.79 bits per heavy atom. The number of carbonyl (C=O) groups excluding carboxylic acids is 2. The van der Waals surface area contributed by atoms with Gasteiger partial charge in [-0.15, -0.1) is 12.6 Å². The van der Waals surface area contributed by atoms with E-state index in [1.807, 2.05) is 0 Å². The van der Waals surface area contributed by atoms with E-state index in [0.717, 1.165) is 0 Å². The highest BCUT2D eigenvalue weighted by atomic mass is 35.5. The highest BCUT2D eigenvalue weighted by Crippen LogP contribution is 2.19. The Morgan fingerprint density at radius 2 is 2.11 bits per heavy atom. The monoisotopic (exact) mass is 302 g/mol. The zero-order valence-corrected chi connectivity index (χ0v) is 12.1. The van der Waals surface area contributed by atoms with E-state index in [-0.39, 0.29) is 12.5 Å². The number of hydrogen-bond acceptors (Lipinski definition) is 4. The number of nitrogens with one attached hydrogen (secondary N) is 2. The molecule has 1 aromatic rings. The van der Waals surface area contributed by atoms with E-state index in [1.54, 1.807) is 25.3 Å². The highest BCUT2D eigenvalue weighted by molar-refractivity contribution is 7.80. The van der Waals surface area contributed by atoms with Gasteiger partial charge in [-0.25, -0.2) is 0 Å². The summed E-state index contributed by atoms with van der Waals surface area (Å²) in [5.41, 5.74) is 0.291. The lowest BCUT2D eigenvalue weighted by atomic mass is 10.2. The zero-order valence-electron chi connectivity index (χ0n) is 10.4. The van der Waals surface area contributed by atoms with Crippen LogP contribution in [0.4, 0.5) is 0 Å². The van der Waals surface area contributed by atoms with Crippen LogP contribution in [0.2, 0.25) is 5.02 Å². The standard InChI is InChI=1S/C12H15ClN2O3S/c1-18-5-4-14-11(16)7-15-12(17)9-6-8(19)2-3-10(9)13/h2-3,6,19H,4-5,7H2,1H3,(H,14,16)(H,15,17). The molecule has 0 atom stereocenters. The predicted molar refractivity (Wildman–Crippen MR) is 75.9 cm³/mol. The molecule has 0 aliphatic rings. The Morgan fingerprint density at radius 1 is 1.37 bits per heavy atom. The number of halogens is 1.